The van der Waals surface area contributed by atoms with Crippen LogP contribution in [-0.2, 0) is 11.2 Å². The molecular weight excluding hydrogens is 318 g/mol. The molecule has 0 aliphatic carbocycles. The van der Waals surface area contributed by atoms with Gasteiger partial charge in [0.25, 0.3) is 5.91 Å². The molecule has 0 aromatic carbocycles. The Morgan fingerprint density at radius 1 is 1.45 bits per heavy atom. The molecule has 122 valence electrons. The Morgan fingerprint density at radius 3 is 2.77 bits per heavy atom. The number of thiazole rings is 1. The summed E-state index contributed by atoms with van der Waals surface area (Å²) in [7, 11) is 0. The lowest BCUT2D eigenvalue weighted by Crippen LogP contribution is -2.49. The number of nitrogens with zero attached hydrogens (tertiary/aromatic N) is 2. The summed E-state index contributed by atoms with van der Waals surface area (Å²) in [6, 6.07) is -0.245. The van der Waals surface area contributed by atoms with Gasteiger partial charge in [0.1, 0.15) is 10.9 Å². The minimum absolute atomic E-state index is 0.0504. The predicted molar refractivity (Wildman–Crippen MR) is 91.4 cm³/mol. The number of thioether (sulfide) groups is 1. The molecule has 2 unspecified atom stereocenters. The van der Waals surface area contributed by atoms with Crippen molar-refractivity contribution in [3.8, 4) is 0 Å². The first-order valence-electron chi connectivity index (χ1n) is 7.63. The highest BCUT2D eigenvalue weighted by molar-refractivity contribution is 7.99. The average molecular weight is 342 g/mol. The van der Waals surface area contributed by atoms with E-state index in [1.807, 2.05) is 27.7 Å². The van der Waals surface area contributed by atoms with Crippen molar-refractivity contribution in [1.82, 2.24) is 15.2 Å². The van der Waals surface area contributed by atoms with Crippen LogP contribution in [0.4, 0.5) is 0 Å². The highest BCUT2D eigenvalue weighted by Gasteiger charge is 2.36. The molecule has 1 fully saturated rings. The summed E-state index contributed by atoms with van der Waals surface area (Å²) >= 11 is 3.07. The number of hydrogen-bond acceptors (Lipinski definition) is 5. The topological polar surface area (TPSA) is 62.3 Å². The van der Waals surface area contributed by atoms with Crippen molar-refractivity contribution in [3.63, 3.8) is 0 Å². The van der Waals surface area contributed by atoms with Crippen molar-refractivity contribution in [1.29, 1.82) is 0 Å². The third-order valence-electron chi connectivity index (χ3n) is 3.78. The maximum Gasteiger partial charge on any atom is 0.267 e. The summed E-state index contributed by atoms with van der Waals surface area (Å²) < 4.78 is 0. The summed E-state index contributed by atoms with van der Waals surface area (Å²) in [4.78, 5) is 31.9. The molecule has 1 aliphatic rings. The minimum atomic E-state index is -0.377. The van der Waals surface area contributed by atoms with Crippen LogP contribution in [0.25, 0.3) is 0 Å². The Hall–Kier alpha value is -1.08. The van der Waals surface area contributed by atoms with Gasteiger partial charge in [-0.05, 0) is 26.7 Å². The molecule has 0 spiro atoms. The van der Waals surface area contributed by atoms with Gasteiger partial charge in [0, 0.05) is 11.8 Å². The number of amides is 2. The number of aromatic nitrogens is 1. The number of aryl methyl sites for hydroxylation is 2. The van der Waals surface area contributed by atoms with E-state index >= 15 is 0 Å². The smallest absolute Gasteiger partial charge is 0.267 e. The van der Waals surface area contributed by atoms with Crippen molar-refractivity contribution in [2.45, 2.75) is 52.6 Å². The third kappa shape index (κ3) is 3.63. The molecule has 2 heterocycles. The van der Waals surface area contributed by atoms with Crippen LogP contribution in [0.5, 0.6) is 0 Å². The van der Waals surface area contributed by atoms with Crippen LogP contribution < -0.4 is 5.32 Å². The molecule has 0 saturated carbocycles. The van der Waals surface area contributed by atoms with Crippen molar-refractivity contribution in [2.24, 2.45) is 0 Å². The lowest BCUT2D eigenvalue weighted by atomic mass is 10.2. The maximum atomic E-state index is 12.8. The molecule has 5 nitrogen and oxygen atoms in total. The van der Waals surface area contributed by atoms with E-state index in [2.05, 4.69) is 10.3 Å². The van der Waals surface area contributed by atoms with Crippen molar-refractivity contribution in [3.05, 3.63) is 15.6 Å². The van der Waals surface area contributed by atoms with E-state index < -0.39 is 0 Å². The molecule has 22 heavy (non-hydrogen) atoms. The lowest BCUT2D eigenvalue weighted by molar-refractivity contribution is -0.125. The summed E-state index contributed by atoms with van der Waals surface area (Å²) in [6.45, 7) is 7.90. The molecular formula is C15H23N3O2S2. The molecule has 2 amide bonds. The molecule has 2 rings (SSSR count). The zero-order chi connectivity index (χ0) is 16.3. The Kier molecular flexibility index (Phi) is 5.86. The first kappa shape index (κ1) is 17.3. The Balaban J connectivity index is 2.14. The van der Waals surface area contributed by atoms with Crippen molar-refractivity contribution in [2.75, 3.05) is 11.6 Å². The van der Waals surface area contributed by atoms with Crippen LogP contribution in [0.3, 0.4) is 0 Å². The summed E-state index contributed by atoms with van der Waals surface area (Å²) in [6.07, 6.45) is 1.71. The predicted octanol–water partition coefficient (Wildman–Crippen LogP) is 2.44. The van der Waals surface area contributed by atoms with E-state index in [1.54, 1.807) is 16.7 Å². The molecule has 7 heteroatoms. The van der Waals surface area contributed by atoms with Crippen LogP contribution in [0.15, 0.2) is 0 Å². The summed E-state index contributed by atoms with van der Waals surface area (Å²) in [5, 5.41) is 3.95. The fourth-order valence-electron chi connectivity index (χ4n) is 2.23. The van der Waals surface area contributed by atoms with E-state index in [4.69, 9.17) is 0 Å². The van der Waals surface area contributed by atoms with Crippen LogP contribution in [-0.4, -0.2) is 45.4 Å². The SMILES string of the molecule is CCc1nc(C)c(C(=O)N2CSCC2C(=O)NC(C)CC)s1. The second kappa shape index (κ2) is 7.46. The van der Waals surface area contributed by atoms with E-state index in [-0.39, 0.29) is 23.9 Å². The second-order valence-corrected chi connectivity index (χ2v) is 7.57. The normalized spacial score (nSPS) is 19.3. The molecule has 1 aromatic heterocycles. The summed E-state index contributed by atoms with van der Waals surface area (Å²) in [5.74, 6) is 1.11. The van der Waals surface area contributed by atoms with Gasteiger partial charge in [0.2, 0.25) is 5.91 Å². The van der Waals surface area contributed by atoms with Gasteiger partial charge in [-0.25, -0.2) is 4.98 Å². The highest BCUT2D eigenvalue weighted by atomic mass is 32.2. The Labute approximate surface area is 139 Å². The van der Waals surface area contributed by atoms with E-state index in [0.29, 0.717) is 16.5 Å². The quantitative estimate of drug-likeness (QED) is 0.893. The minimum Gasteiger partial charge on any atom is -0.352 e. The zero-order valence-corrected chi connectivity index (χ0v) is 15.1. The molecule has 0 bridgehead atoms. The van der Waals surface area contributed by atoms with Crippen LogP contribution >= 0.6 is 23.1 Å². The lowest BCUT2D eigenvalue weighted by Gasteiger charge is -2.24. The van der Waals surface area contributed by atoms with Crippen LogP contribution in [0, 0.1) is 6.92 Å². The van der Waals surface area contributed by atoms with Crippen LogP contribution in [0.2, 0.25) is 0 Å². The molecule has 2 atom stereocenters. The molecule has 1 N–H and O–H groups in total. The van der Waals surface area contributed by atoms with Gasteiger partial charge in [-0.2, -0.15) is 0 Å². The monoisotopic (exact) mass is 341 g/mol. The van der Waals surface area contributed by atoms with E-state index in [0.717, 1.165) is 23.5 Å². The fraction of sp³-hybridized carbons (Fsp3) is 0.667. The van der Waals surface area contributed by atoms with Crippen molar-refractivity contribution >= 4 is 34.9 Å². The van der Waals surface area contributed by atoms with E-state index in [1.165, 1.54) is 11.3 Å². The average Bonchev–Trinajstić information content (AvgIpc) is 3.12. The first-order valence-corrected chi connectivity index (χ1v) is 9.60. The van der Waals surface area contributed by atoms with Crippen LogP contribution in [0.1, 0.15) is 47.6 Å². The zero-order valence-electron chi connectivity index (χ0n) is 13.5. The molecule has 1 saturated heterocycles. The second-order valence-electron chi connectivity index (χ2n) is 5.48. The van der Waals surface area contributed by atoms with Gasteiger partial charge in [-0.1, -0.05) is 13.8 Å². The standard InChI is InChI=1S/C15H23N3O2S2/c1-5-9(3)16-14(19)11-7-21-8-18(11)15(20)13-10(4)17-12(6-2)22-13/h9,11H,5-8H2,1-4H3,(H,16,19). The van der Waals surface area contributed by atoms with Gasteiger partial charge >= 0.3 is 0 Å². The molecule has 1 aliphatic heterocycles. The number of rotatable bonds is 5. The third-order valence-corrected chi connectivity index (χ3v) is 6.09. The summed E-state index contributed by atoms with van der Waals surface area (Å²) in [5.41, 5.74) is 0.768. The number of nitrogens with one attached hydrogen (secondary N) is 1. The largest absolute Gasteiger partial charge is 0.352 e. The van der Waals surface area contributed by atoms with Crippen molar-refractivity contribution < 1.29 is 9.59 Å². The van der Waals surface area contributed by atoms with Gasteiger partial charge in [0.05, 0.1) is 16.6 Å². The van der Waals surface area contributed by atoms with Gasteiger partial charge in [-0.15, -0.1) is 23.1 Å². The van der Waals surface area contributed by atoms with Gasteiger partial charge < -0.3 is 10.2 Å². The molecule has 1 aromatic rings. The Bertz CT molecular complexity index is 559. The van der Waals surface area contributed by atoms with Gasteiger partial charge in [-0.3, -0.25) is 9.59 Å². The molecule has 0 radical (unpaired) electrons. The number of carbonyl (C=O) groups excluding carboxylic acids is 2. The van der Waals surface area contributed by atoms with Gasteiger partial charge in [0.15, 0.2) is 0 Å². The Morgan fingerprint density at radius 2 is 2.18 bits per heavy atom. The number of carbonyl (C=O) groups is 2. The maximum absolute atomic E-state index is 12.8. The number of hydrogen-bond donors (Lipinski definition) is 1. The van der Waals surface area contributed by atoms with E-state index in [9.17, 15) is 9.59 Å². The first-order chi connectivity index (χ1) is 10.5. The fourth-order valence-corrected chi connectivity index (χ4v) is 4.35. The highest BCUT2D eigenvalue weighted by Crippen LogP contribution is 2.27.